The lowest BCUT2D eigenvalue weighted by Crippen LogP contribution is -2.21. The number of rotatable bonds is 7. The van der Waals surface area contributed by atoms with Crippen molar-refractivity contribution in [1.29, 1.82) is 0 Å². The molecule has 0 aliphatic carbocycles. The average molecular weight is 343 g/mol. The van der Waals surface area contributed by atoms with E-state index in [2.05, 4.69) is 68.2 Å². The van der Waals surface area contributed by atoms with Gasteiger partial charge in [-0.15, -0.1) is 11.8 Å². The SMILES string of the molecule is CCN(CC)c1ccc(NC(=O)CSc2ccc(C)c(C)c2)cc1. The third-order valence-electron chi connectivity index (χ3n) is 4.13. The van der Waals surface area contributed by atoms with E-state index in [1.165, 1.54) is 16.8 Å². The number of aryl methyl sites for hydroxylation is 2. The Morgan fingerprint density at radius 1 is 1.00 bits per heavy atom. The molecule has 0 spiro atoms. The van der Waals surface area contributed by atoms with E-state index >= 15 is 0 Å². The van der Waals surface area contributed by atoms with Gasteiger partial charge in [0.15, 0.2) is 0 Å². The van der Waals surface area contributed by atoms with Gasteiger partial charge < -0.3 is 10.2 Å². The van der Waals surface area contributed by atoms with Crippen molar-refractivity contribution < 1.29 is 4.79 Å². The van der Waals surface area contributed by atoms with Crippen LogP contribution < -0.4 is 10.2 Å². The number of nitrogens with zero attached hydrogens (tertiary/aromatic N) is 1. The van der Waals surface area contributed by atoms with Crippen molar-refractivity contribution in [2.45, 2.75) is 32.6 Å². The molecule has 128 valence electrons. The third-order valence-corrected chi connectivity index (χ3v) is 5.12. The first-order chi connectivity index (χ1) is 11.5. The molecule has 0 unspecified atom stereocenters. The highest BCUT2D eigenvalue weighted by molar-refractivity contribution is 8.00. The molecule has 2 rings (SSSR count). The molecule has 0 saturated heterocycles. The van der Waals surface area contributed by atoms with Gasteiger partial charge in [-0.25, -0.2) is 0 Å². The molecular formula is C20H26N2OS. The number of carbonyl (C=O) groups is 1. The Morgan fingerprint density at radius 3 is 2.25 bits per heavy atom. The summed E-state index contributed by atoms with van der Waals surface area (Å²) in [7, 11) is 0. The molecule has 2 aromatic rings. The van der Waals surface area contributed by atoms with Crippen molar-refractivity contribution in [3.8, 4) is 0 Å². The lowest BCUT2D eigenvalue weighted by molar-refractivity contribution is -0.113. The Balaban J connectivity index is 1.88. The van der Waals surface area contributed by atoms with Gasteiger partial charge in [-0.1, -0.05) is 6.07 Å². The number of hydrogen-bond donors (Lipinski definition) is 1. The first-order valence-corrected chi connectivity index (χ1v) is 9.37. The number of thioether (sulfide) groups is 1. The van der Waals surface area contributed by atoms with Crippen LogP contribution >= 0.6 is 11.8 Å². The largest absolute Gasteiger partial charge is 0.372 e. The van der Waals surface area contributed by atoms with Gasteiger partial charge in [-0.05, 0) is 75.2 Å². The van der Waals surface area contributed by atoms with Crippen molar-refractivity contribution >= 4 is 29.0 Å². The van der Waals surface area contributed by atoms with Gasteiger partial charge in [0, 0.05) is 29.4 Å². The van der Waals surface area contributed by atoms with Crippen molar-refractivity contribution in [3.05, 3.63) is 53.6 Å². The van der Waals surface area contributed by atoms with Crippen LogP contribution in [0.3, 0.4) is 0 Å². The molecule has 0 bridgehead atoms. The fourth-order valence-electron chi connectivity index (χ4n) is 2.49. The van der Waals surface area contributed by atoms with Gasteiger partial charge in [-0.3, -0.25) is 4.79 Å². The third kappa shape index (κ3) is 5.03. The van der Waals surface area contributed by atoms with E-state index in [4.69, 9.17) is 0 Å². The van der Waals surface area contributed by atoms with Gasteiger partial charge in [0.05, 0.1) is 5.75 Å². The van der Waals surface area contributed by atoms with E-state index in [9.17, 15) is 4.79 Å². The molecule has 0 heterocycles. The van der Waals surface area contributed by atoms with E-state index in [0.29, 0.717) is 5.75 Å². The second-order valence-electron chi connectivity index (χ2n) is 5.80. The van der Waals surface area contributed by atoms with Gasteiger partial charge >= 0.3 is 0 Å². The van der Waals surface area contributed by atoms with E-state index < -0.39 is 0 Å². The fraction of sp³-hybridized carbons (Fsp3) is 0.350. The summed E-state index contributed by atoms with van der Waals surface area (Å²) in [6.45, 7) is 10.4. The Labute approximate surface area is 149 Å². The lowest BCUT2D eigenvalue weighted by atomic mass is 10.1. The minimum Gasteiger partial charge on any atom is -0.372 e. The predicted molar refractivity (Wildman–Crippen MR) is 105 cm³/mol. The first-order valence-electron chi connectivity index (χ1n) is 8.38. The molecule has 0 aromatic heterocycles. The van der Waals surface area contributed by atoms with Crippen molar-refractivity contribution in [1.82, 2.24) is 0 Å². The van der Waals surface area contributed by atoms with Crippen molar-refractivity contribution in [3.63, 3.8) is 0 Å². The van der Waals surface area contributed by atoms with Crippen LogP contribution in [-0.4, -0.2) is 24.7 Å². The zero-order chi connectivity index (χ0) is 17.5. The Bertz CT molecular complexity index is 679. The van der Waals surface area contributed by atoms with Crippen LogP contribution in [-0.2, 0) is 4.79 Å². The number of anilines is 2. The zero-order valence-electron chi connectivity index (χ0n) is 14.9. The minimum atomic E-state index is 0.0221. The van der Waals surface area contributed by atoms with Crippen LogP contribution in [0, 0.1) is 13.8 Å². The summed E-state index contributed by atoms with van der Waals surface area (Å²) in [5, 5.41) is 2.96. The molecule has 0 aliphatic rings. The summed E-state index contributed by atoms with van der Waals surface area (Å²) in [5.74, 6) is 0.439. The quantitative estimate of drug-likeness (QED) is 0.728. The van der Waals surface area contributed by atoms with Gasteiger partial charge in [0.2, 0.25) is 5.91 Å². The molecule has 24 heavy (non-hydrogen) atoms. The van der Waals surface area contributed by atoms with Crippen LogP contribution in [0.4, 0.5) is 11.4 Å². The molecular weight excluding hydrogens is 316 g/mol. The molecule has 3 nitrogen and oxygen atoms in total. The molecule has 1 amide bonds. The number of nitrogens with one attached hydrogen (secondary N) is 1. The summed E-state index contributed by atoms with van der Waals surface area (Å²) in [6, 6.07) is 14.3. The second kappa shape index (κ2) is 8.78. The maximum absolute atomic E-state index is 12.1. The molecule has 0 aliphatic heterocycles. The van der Waals surface area contributed by atoms with Gasteiger partial charge in [0.1, 0.15) is 0 Å². The van der Waals surface area contributed by atoms with Crippen molar-refractivity contribution in [2.75, 3.05) is 29.1 Å². The summed E-state index contributed by atoms with van der Waals surface area (Å²) in [4.78, 5) is 15.5. The minimum absolute atomic E-state index is 0.0221. The molecule has 1 N–H and O–H groups in total. The smallest absolute Gasteiger partial charge is 0.234 e. The van der Waals surface area contributed by atoms with Crippen LogP contribution in [0.15, 0.2) is 47.4 Å². The summed E-state index contributed by atoms with van der Waals surface area (Å²) >= 11 is 1.57. The molecule has 0 radical (unpaired) electrons. The normalized spacial score (nSPS) is 10.5. The predicted octanol–water partition coefficient (Wildman–Crippen LogP) is 4.88. The van der Waals surface area contributed by atoms with Gasteiger partial charge in [0.25, 0.3) is 0 Å². The van der Waals surface area contributed by atoms with E-state index in [-0.39, 0.29) is 5.91 Å². The summed E-state index contributed by atoms with van der Waals surface area (Å²) in [6.07, 6.45) is 0. The van der Waals surface area contributed by atoms with E-state index in [1.807, 2.05) is 12.1 Å². The zero-order valence-corrected chi connectivity index (χ0v) is 15.7. The lowest BCUT2D eigenvalue weighted by Gasteiger charge is -2.21. The fourth-order valence-corrected chi connectivity index (χ4v) is 3.29. The number of benzene rings is 2. The first kappa shape index (κ1) is 18.4. The Kier molecular flexibility index (Phi) is 6.73. The van der Waals surface area contributed by atoms with E-state index in [0.717, 1.165) is 23.7 Å². The number of hydrogen-bond acceptors (Lipinski definition) is 3. The van der Waals surface area contributed by atoms with Crippen LogP contribution in [0.5, 0.6) is 0 Å². The second-order valence-corrected chi connectivity index (χ2v) is 6.85. The maximum Gasteiger partial charge on any atom is 0.234 e. The standard InChI is InChI=1S/C20H26N2OS/c1-5-22(6-2)18-10-8-17(9-11-18)21-20(23)14-24-19-12-7-15(3)16(4)13-19/h7-13H,5-6,14H2,1-4H3,(H,21,23). The van der Waals surface area contributed by atoms with E-state index in [1.54, 1.807) is 11.8 Å². The van der Waals surface area contributed by atoms with Crippen molar-refractivity contribution in [2.24, 2.45) is 0 Å². The molecule has 4 heteroatoms. The molecule has 2 aromatic carbocycles. The Hall–Kier alpha value is -1.94. The summed E-state index contributed by atoms with van der Waals surface area (Å²) < 4.78 is 0. The monoisotopic (exact) mass is 342 g/mol. The number of carbonyl (C=O) groups excluding carboxylic acids is 1. The molecule has 0 fully saturated rings. The maximum atomic E-state index is 12.1. The van der Waals surface area contributed by atoms with Crippen LogP contribution in [0.25, 0.3) is 0 Å². The van der Waals surface area contributed by atoms with Crippen LogP contribution in [0.2, 0.25) is 0 Å². The number of amides is 1. The average Bonchev–Trinajstić information content (AvgIpc) is 2.58. The topological polar surface area (TPSA) is 32.3 Å². The van der Waals surface area contributed by atoms with Gasteiger partial charge in [-0.2, -0.15) is 0 Å². The highest BCUT2D eigenvalue weighted by atomic mass is 32.2. The highest BCUT2D eigenvalue weighted by Gasteiger charge is 2.06. The molecule has 0 atom stereocenters. The highest BCUT2D eigenvalue weighted by Crippen LogP contribution is 2.22. The van der Waals surface area contributed by atoms with Crippen LogP contribution in [0.1, 0.15) is 25.0 Å². The Morgan fingerprint density at radius 2 is 1.67 bits per heavy atom. The summed E-state index contributed by atoms with van der Waals surface area (Å²) in [5.41, 5.74) is 4.56. The molecule has 0 saturated carbocycles.